The summed E-state index contributed by atoms with van der Waals surface area (Å²) in [6.07, 6.45) is 2.96. The van der Waals surface area contributed by atoms with E-state index in [0.717, 1.165) is 0 Å². The predicted molar refractivity (Wildman–Crippen MR) is 96.3 cm³/mol. The minimum Gasteiger partial charge on any atom is -0.497 e. The summed E-state index contributed by atoms with van der Waals surface area (Å²) in [6, 6.07) is 5.31. The van der Waals surface area contributed by atoms with Crippen molar-refractivity contribution in [1.82, 2.24) is 24.5 Å². The van der Waals surface area contributed by atoms with Crippen molar-refractivity contribution in [1.29, 1.82) is 0 Å². The van der Waals surface area contributed by atoms with E-state index < -0.39 is 5.41 Å². The van der Waals surface area contributed by atoms with Crippen LogP contribution >= 0.6 is 0 Å². The standard InChI is InChI=1S/C17H20N6O3/c1-17(2,3)14-15(24)23(16-20-18-10-22(16)21-14)19-9-11-6-7-12(25-4)8-13(11)26-5/h6-10H,1-5H3. The molecular formula is C17H20N6O3. The molecule has 9 heteroatoms. The molecule has 0 spiro atoms. The van der Waals surface area contributed by atoms with E-state index >= 15 is 0 Å². The van der Waals surface area contributed by atoms with E-state index in [9.17, 15) is 4.79 Å². The predicted octanol–water partition coefficient (Wildman–Crippen LogP) is 1.48. The molecule has 9 nitrogen and oxygen atoms in total. The van der Waals surface area contributed by atoms with Gasteiger partial charge in [0.05, 0.1) is 20.4 Å². The Morgan fingerprint density at radius 2 is 1.96 bits per heavy atom. The molecule has 0 radical (unpaired) electrons. The molecule has 0 aliphatic rings. The van der Waals surface area contributed by atoms with Crippen molar-refractivity contribution in [2.24, 2.45) is 5.10 Å². The highest BCUT2D eigenvalue weighted by atomic mass is 16.5. The third kappa shape index (κ3) is 3.15. The number of ether oxygens (including phenoxy) is 2. The molecule has 2 aromatic heterocycles. The van der Waals surface area contributed by atoms with Crippen molar-refractivity contribution in [2.45, 2.75) is 26.2 Å². The molecule has 3 aromatic rings. The fourth-order valence-corrected chi connectivity index (χ4v) is 2.40. The Hall–Kier alpha value is -3.23. The lowest BCUT2D eigenvalue weighted by Gasteiger charge is -2.16. The lowest BCUT2D eigenvalue weighted by molar-refractivity contribution is 0.394. The van der Waals surface area contributed by atoms with Gasteiger partial charge in [-0.1, -0.05) is 20.8 Å². The molecule has 0 N–H and O–H groups in total. The van der Waals surface area contributed by atoms with Gasteiger partial charge in [-0.25, -0.2) is 0 Å². The average Bonchev–Trinajstić information content (AvgIpc) is 3.07. The van der Waals surface area contributed by atoms with Gasteiger partial charge in [-0.15, -0.1) is 10.2 Å². The molecule has 0 aliphatic heterocycles. The van der Waals surface area contributed by atoms with Crippen LogP contribution in [0, 0.1) is 0 Å². The number of benzene rings is 1. The monoisotopic (exact) mass is 356 g/mol. The molecular weight excluding hydrogens is 336 g/mol. The highest BCUT2D eigenvalue weighted by molar-refractivity contribution is 5.84. The van der Waals surface area contributed by atoms with Crippen molar-refractivity contribution in [2.75, 3.05) is 14.2 Å². The molecule has 0 saturated carbocycles. The van der Waals surface area contributed by atoms with Gasteiger partial charge in [-0.05, 0) is 12.1 Å². The molecule has 0 bridgehead atoms. The molecule has 0 fully saturated rings. The summed E-state index contributed by atoms with van der Waals surface area (Å²) >= 11 is 0. The quantitative estimate of drug-likeness (QED) is 0.657. The molecule has 0 saturated heterocycles. The first-order valence-corrected chi connectivity index (χ1v) is 7.95. The first kappa shape index (κ1) is 17.6. The fraction of sp³-hybridized carbons (Fsp3) is 0.353. The summed E-state index contributed by atoms with van der Waals surface area (Å²) in [7, 11) is 3.13. The SMILES string of the molecule is COc1ccc(C=Nn2c(=O)c(C(C)(C)C)nn3cnnc23)c(OC)c1. The Bertz CT molecular complexity index is 1030. The summed E-state index contributed by atoms with van der Waals surface area (Å²) < 4.78 is 13.2. The maximum Gasteiger partial charge on any atom is 0.298 e. The van der Waals surface area contributed by atoms with Crippen LogP contribution in [0.4, 0.5) is 0 Å². The van der Waals surface area contributed by atoms with Crippen LogP contribution in [0.1, 0.15) is 32.0 Å². The fourth-order valence-electron chi connectivity index (χ4n) is 2.40. The van der Waals surface area contributed by atoms with Crippen molar-refractivity contribution < 1.29 is 9.47 Å². The van der Waals surface area contributed by atoms with E-state index in [1.165, 1.54) is 21.7 Å². The second-order valence-electron chi connectivity index (χ2n) is 6.64. The van der Waals surface area contributed by atoms with Gasteiger partial charge in [-0.3, -0.25) is 4.79 Å². The smallest absolute Gasteiger partial charge is 0.298 e. The van der Waals surface area contributed by atoms with E-state index in [4.69, 9.17) is 9.47 Å². The van der Waals surface area contributed by atoms with Gasteiger partial charge >= 0.3 is 0 Å². The van der Waals surface area contributed by atoms with Crippen LogP contribution in [0.5, 0.6) is 11.5 Å². The van der Waals surface area contributed by atoms with E-state index in [2.05, 4.69) is 20.4 Å². The van der Waals surface area contributed by atoms with Gasteiger partial charge in [0.2, 0.25) is 0 Å². The zero-order valence-corrected chi connectivity index (χ0v) is 15.3. The third-order valence-corrected chi connectivity index (χ3v) is 3.77. The number of hydrogen-bond donors (Lipinski definition) is 0. The summed E-state index contributed by atoms with van der Waals surface area (Å²) in [5, 5.41) is 16.4. The third-order valence-electron chi connectivity index (χ3n) is 3.77. The minimum absolute atomic E-state index is 0.228. The zero-order chi connectivity index (χ0) is 18.9. The summed E-state index contributed by atoms with van der Waals surface area (Å²) in [6.45, 7) is 5.73. The van der Waals surface area contributed by atoms with Crippen LogP contribution < -0.4 is 15.0 Å². The number of rotatable bonds is 4. The largest absolute Gasteiger partial charge is 0.497 e. The normalized spacial score (nSPS) is 12.0. The Kier molecular flexibility index (Phi) is 4.45. The van der Waals surface area contributed by atoms with Crippen LogP contribution in [-0.2, 0) is 5.41 Å². The topological polar surface area (TPSA) is 95.9 Å². The van der Waals surface area contributed by atoms with Gasteiger partial charge in [0, 0.05) is 17.0 Å². The summed E-state index contributed by atoms with van der Waals surface area (Å²) in [5.74, 6) is 1.46. The van der Waals surface area contributed by atoms with Gasteiger partial charge in [0.25, 0.3) is 11.3 Å². The number of methoxy groups -OCH3 is 2. The van der Waals surface area contributed by atoms with Crippen molar-refractivity contribution >= 4 is 12.0 Å². The molecule has 0 unspecified atom stereocenters. The van der Waals surface area contributed by atoms with Crippen LogP contribution in [0.3, 0.4) is 0 Å². The van der Waals surface area contributed by atoms with Crippen molar-refractivity contribution in [3.05, 3.63) is 46.1 Å². The lowest BCUT2D eigenvalue weighted by Crippen LogP contribution is -2.33. The van der Waals surface area contributed by atoms with Crippen molar-refractivity contribution in [3.8, 4) is 11.5 Å². The Morgan fingerprint density at radius 3 is 2.62 bits per heavy atom. The first-order chi connectivity index (χ1) is 12.3. The van der Waals surface area contributed by atoms with E-state index in [-0.39, 0.29) is 11.3 Å². The molecule has 26 heavy (non-hydrogen) atoms. The van der Waals surface area contributed by atoms with Gasteiger partial charge in [-0.2, -0.15) is 19.4 Å². The Labute approximate surface area is 149 Å². The van der Waals surface area contributed by atoms with E-state index in [1.807, 2.05) is 20.8 Å². The highest BCUT2D eigenvalue weighted by Gasteiger charge is 2.23. The summed E-state index contributed by atoms with van der Waals surface area (Å²) in [5.41, 5.74) is 0.252. The zero-order valence-electron chi connectivity index (χ0n) is 15.3. The highest BCUT2D eigenvalue weighted by Crippen LogP contribution is 2.23. The number of nitrogens with zero attached hydrogens (tertiary/aromatic N) is 6. The van der Waals surface area contributed by atoms with E-state index in [0.29, 0.717) is 22.8 Å². The van der Waals surface area contributed by atoms with Crippen LogP contribution in [0.2, 0.25) is 0 Å². The molecule has 3 rings (SSSR count). The molecule has 2 heterocycles. The molecule has 0 atom stereocenters. The second-order valence-corrected chi connectivity index (χ2v) is 6.64. The maximum atomic E-state index is 12.9. The van der Waals surface area contributed by atoms with Gasteiger partial charge in [0.1, 0.15) is 23.5 Å². The number of hydrogen-bond acceptors (Lipinski definition) is 7. The Balaban J connectivity index is 2.15. The molecule has 0 aliphatic carbocycles. The first-order valence-electron chi connectivity index (χ1n) is 7.95. The van der Waals surface area contributed by atoms with Crippen molar-refractivity contribution in [3.63, 3.8) is 0 Å². The number of fused-ring (bicyclic) bond motifs is 1. The Morgan fingerprint density at radius 1 is 1.19 bits per heavy atom. The van der Waals surface area contributed by atoms with Crippen LogP contribution in [0.25, 0.3) is 5.78 Å². The second kappa shape index (κ2) is 6.58. The molecule has 0 amide bonds. The summed E-state index contributed by atoms with van der Waals surface area (Å²) in [4.78, 5) is 12.9. The molecule has 136 valence electrons. The van der Waals surface area contributed by atoms with E-state index in [1.54, 1.807) is 32.4 Å². The minimum atomic E-state index is -0.454. The van der Waals surface area contributed by atoms with Gasteiger partial charge in [0.15, 0.2) is 0 Å². The molecule has 1 aromatic carbocycles. The lowest BCUT2D eigenvalue weighted by atomic mass is 9.93. The van der Waals surface area contributed by atoms with Crippen LogP contribution in [0.15, 0.2) is 34.4 Å². The average molecular weight is 356 g/mol. The maximum absolute atomic E-state index is 12.9. The van der Waals surface area contributed by atoms with Gasteiger partial charge < -0.3 is 9.47 Å². The number of aromatic nitrogens is 5. The van der Waals surface area contributed by atoms with Crippen LogP contribution in [-0.4, -0.2) is 44.9 Å².